The minimum atomic E-state index is -0.229. The lowest BCUT2D eigenvalue weighted by Crippen LogP contribution is -2.41. The van der Waals surface area contributed by atoms with Gasteiger partial charge in [-0.2, -0.15) is 0 Å². The minimum Gasteiger partial charge on any atom is -0.400 e. The summed E-state index contributed by atoms with van der Waals surface area (Å²) < 4.78 is 12.2. The van der Waals surface area contributed by atoms with Gasteiger partial charge in [0.2, 0.25) is 0 Å². The zero-order valence-corrected chi connectivity index (χ0v) is 13.3. The van der Waals surface area contributed by atoms with Gasteiger partial charge in [0.15, 0.2) is 0 Å². The molecule has 0 aromatic carbocycles. The number of nitrogens with zero attached hydrogens (tertiary/aromatic N) is 1. The third-order valence-corrected chi connectivity index (χ3v) is 4.51. The van der Waals surface area contributed by atoms with Crippen LogP contribution >= 0.6 is 0 Å². The summed E-state index contributed by atoms with van der Waals surface area (Å²) in [5, 5.41) is 0. The largest absolute Gasteiger partial charge is 0.490 e. The molecule has 0 amide bonds. The van der Waals surface area contributed by atoms with Crippen molar-refractivity contribution in [1.82, 2.24) is 4.90 Å². The Bertz CT molecular complexity index is 347. The van der Waals surface area contributed by atoms with Gasteiger partial charge in [-0.05, 0) is 45.5 Å². The molecule has 0 spiro atoms. The van der Waals surface area contributed by atoms with Crippen molar-refractivity contribution >= 4 is 7.12 Å². The highest BCUT2D eigenvalue weighted by atomic mass is 16.7. The maximum Gasteiger partial charge on any atom is 0.490 e. The Kier molecular flexibility index (Phi) is 4.15. The quantitative estimate of drug-likeness (QED) is 0.732. The number of rotatable bonds is 3. The van der Waals surface area contributed by atoms with Gasteiger partial charge >= 0.3 is 7.12 Å². The summed E-state index contributed by atoms with van der Waals surface area (Å²) in [4.78, 5) is 2.50. The third-order valence-electron chi connectivity index (χ3n) is 4.51. The maximum atomic E-state index is 6.11. The van der Waals surface area contributed by atoms with Crippen molar-refractivity contribution in [2.24, 2.45) is 5.92 Å². The normalized spacial score (nSPS) is 26.9. The molecule has 1 saturated heterocycles. The molecule has 4 heteroatoms. The Balaban J connectivity index is 1.97. The van der Waals surface area contributed by atoms with Gasteiger partial charge in [-0.1, -0.05) is 19.9 Å². The summed E-state index contributed by atoms with van der Waals surface area (Å²) >= 11 is 0. The SMILES string of the molecule is CC(C)CN1CC=C(B2OC(C)(C)C(C)(C)O2)CC1. The van der Waals surface area contributed by atoms with E-state index in [1.165, 1.54) is 12.0 Å². The van der Waals surface area contributed by atoms with E-state index in [9.17, 15) is 0 Å². The van der Waals surface area contributed by atoms with Gasteiger partial charge in [-0.25, -0.2) is 0 Å². The molecule has 0 N–H and O–H groups in total. The highest BCUT2D eigenvalue weighted by Gasteiger charge is 2.52. The van der Waals surface area contributed by atoms with Crippen LogP contribution in [0.15, 0.2) is 11.5 Å². The fourth-order valence-electron chi connectivity index (χ4n) is 2.62. The van der Waals surface area contributed by atoms with Crippen LogP contribution in [0.25, 0.3) is 0 Å². The van der Waals surface area contributed by atoms with Crippen LogP contribution in [0, 0.1) is 5.92 Å². The Morgan fingerprint density at radius 2 is 1.79 bits per heavy atom. The molecule has 0 saturated carbocycles. The molecule has 0 atom stereocenters. The lowest BCUT2D eigenvalue weighted by molar-refractivity contribution is 0.00578. The van der Waals surface area contributed by atoms with Gasteiger partial charge in [0.25, 0.3) is 0 Å². The lowest BCUT2D eigenvalue weighted by atomic mass is 9.74. The molecule has 1 fully saturated rings. The van der Waals surface area contributed by atoms with Crippen molar-refractivity contribution in [3.63, 3.8) is 0 Å². The first-order valence-corrected chi connectivity index (χ1v) is 7.48. The zero-order chi connectivity index (χ0) is 14.3. The van der Waals surface area contributed by atoms with Gasteiger partial charge in [0.1, 0.15) is 0 Å². The smallest absolute Gasteiger partial charge is 0.400 e. The number of hydrogen-bond acceptors (Lipinski definition) is 3. The van der Waals surface area contributed by atoms with Crippen molar-refractivity contribution in [1.29, 1.82) is 0 Å². The van der Waals surface area contributed by atoms with E-state index in [-0.39, 0.29) is 18.3 Å². The average Bonchev–Trinajstić information content (AvgIpc) is 2.48. The van der Waals surface area contributed by atoms with Crippen LogP contribution in [0.1, 0.15) is 48.0 Å². The van der Waals surface area contributed by atoms with E-state index in [1.807, 2.05) is 0 Å². The fourth-order valence-corrected chi connectivity index (χ4v) is 2.62. The third kappa shape index (κ3) is 3.23. The molecule has 0 radical (unpaired) electrons. The van der Waals surface area contributed by atoms with Crippen LogP contribution < -0.4 is 0 Å². The summed E-state index contributed by atoms with van der Waals surface area (Å²) in [5.74, 6) is 0.729. The van der Waals surface area contributed by atoms with Crippen LogP contribution in [0.3, 0.4) is 0 Å². The van der Waals surface area contributed by atoms with Gasteiger partial charge in [0.05, 0.1) is 11.2 Å². The molecule has 0 bridgehead atoms. The molecule has 19 heavy (non-hydrogen) atoms. The van der Waals surface area contributed by atoms with E-state index >= 15 is 0 Å². The second kappa shape index (κ2) is 5.23. The summed E-state index contributed by atoms with van der Waals surface area (Å²) in [5.41, 5.74) is 0.861. The molecule has 108 valence electrons. The first-order valence-electron chi connectivity index (χ1n) is 7.48. The van der Waals surface area contributed by atoms with Gasteiger partial charge in [-0.3, -0.25) is 4.90 Å². The average molecular weight is 265 g/mol. The van der Waals surface area contributed by atoms with Crippen LogP contribution in [0.2, 0.25) is 0 Å². The molecule has 3 nitrogen and oxygen atoms in total. The lowest BCUT2D eigenvalue weighted by Gasteiger charge is -2.32. The van der Waals surface area contributed by atoms with E-state index < -0.39 is 0 Å². The molecular formula is C15H28BNO2. The molecule has 2 aliphatic heterocycles. The van der Waals surface area contributed by atoms with Crippen LogP contribution in [-0.4, -0.2) is 42.9 Å². The van der Waals surface area contributed by atoms with E-state index in [0.29, 0.717) is 0 Å². The van der Waals surface area contributed by atoms with E-state index in [4.69, 9.17) is 9.31 Å². The highest BCUT2D eigenvalue weighted by molar-refractivity contribution is 6.54. The predicted molar refractivity (Wildman–Crippen MR) is 80.1 cm³/mol. The van der Waals surface area contributed by atoms with E-state index in [2.05, 4.69) is 52.5 Å². The number of hydrogen-bond donors (Lipinski definition) is 0. The molecule has 0 aliphatic carbocycles. The Morgan fingerprint density at radius 1 is 1.21 bits per heavy atom. The Hall–Kier alpha value is -0.315. The minimum absolute atomic E-state index is 0.147. The van der Waals surface area contributed by atoms with Gasteiger partial charge in [-0.15, -0.1) is 0 Å². The topological polar surface area (TPSA) is 21.7 Å². The van der Waals surface area contributed by atoms with E-state index in [1.54, 1.807) is 0 Å². The van der Waals surface area contributed by atoms with Gasteiger partial charge in [0, 0.05) is 19.6 Å². The molecule has 2 rings (SSSR count). The van der Waals surface area contributed by atoms with E-state index in [0.717, 1.165) is 25.4 Å². The Labute approximate surface area is 118 Å². The summed E-state index contributed by atoms with van der Waals surface area (Å²) in [6, 6.07) is 0. The van der Waals surface area contributed by atoms with Crippen molar-refractivity contribution in [2.45, 2.75) is 59.2 Å². The Morgan fingerprint density at radius 3 is 2.21 bits per heavy atom. The summed E-state index contributed by atoms with van der Waals surface area (Å²) in [6.45, 7) is 16.3. The first-order chi connectivity index (χ1) is 8.71. The fraction of sp³-hybridized carbons (Fsp3) is 0.867. The standard InChI is InChI=1S/C15H28BNO2/c1-12(2)11-17-9-7-13(8-10-17)16-18-14(3,4)15(5,6)19-16/h7,12H,8-11H2,1-6H3. The predicted octanol–water partition coefficient (Wildman–Crippen LogP) is 2.91. The molecule has 2 heterocycles. The molecule has 0 aromatic heterocycles. The van der Waals surface area contributed by atoms with Crippen molar-refractivity contribution < 1.29 is 9.31 Å². The van der Waals surface area contributed by atoms with Gasteiger partial charge < -0.3 is 9.31 Å². The summed E-state index contributed by atoms with van der Waals surface area (Å²) in [7, 11) is -0.147. The van der Waals surface area contributed by atoms with Crippen molar-refractivity contribution in [2.75, 3.05) is 19.6 Å². The van der Waals surface area contributed by atoms with Crippen LogP contribution in [-0.2, 0) is 9.31 Å². The van der Waals surface area contributed by atoms with Crippen molar-refractivity contribution in [3.05, 3.63) is 11.5 Å². The first kappa shape index (κ1) is 15.1. The second-order valence-corrected chi connectivity index (χ2v) is 7.27. The van der Waals surface area contributed by atoms with Crippen molar-refractivity contribution in [3.8, 4) is 0 Å². The zero-order valence-electron chi connectivity index (χ0n) is 13.3. The molecule has 2 aliphatic rings. The molecule has 0 aromatic rings. The summed E-state index contributed by atoms with van der Waals surface area (Å²) in [6.07, 6.45) is 3.36. The molecule has 0 unspecified atom stereocenters. The monoisotopic (exact) mass is 265 g/mol. The highest BCUT2D eigenvalue weighted by Crippen LogP contribution is 2.39. The van der Waals surface area contributed by atoms with Crippen LogP contribution in [0.4, 0.5) is 0 Å². The molecular weight excluding hydrogens is 237 g/mol. The maximum absolute atomic E-state index is 6.11. The van der Waals surface area contributed by atoms with Crippen LogP contribution in [0.5, 0.6) is 0 Å². The second-order valence-electron chi connectivity index (χ2n) is 7.27.